The van der Waals surface area contributed by atoms with Crippen molar-refractivity contribution >= 4 is 22.8 Å². The first-order chi connectivity index (χ1) is 14.7. The number of fused-ring (bicyclic) bond motifs is 1. The molecule has 0 unspecified atom stereocenters. The third-order valence-electron chi connectivity index (χ3n) is 4.70. The molecular formula is C23H23N5O2. The van der Waals surface area contributed by atoms with E-state index < -0.39 is 0 Å². The topological polar surface area (TPSA) is 81.2 Å². The number of rotatable bonds is 8. The summed E-state index contributed by atoms with van der Waals surface area (Å²) in [6.07, 6.45) is 1.73. The average molecular weight is 401 g/mol. The van der Waals surface area contributed by atoms with Crippen molar-refractivity contribution in [3.05, 3.63) is 78.0 Å². The SMILES string of the molecule is COc1ccc(CNc2nc(NCc3ccc(OC)cc3)c3cccnc3n2)cc1. The van der Waals surface area contributed by atoms with Crippen molar-refractivity contribution in [1.29, 1.82) is 0 Å². The van der Waals surface area contributed by atoms with Gasteiger partial charge in [-0.1, -0.05) is 24.3 Å². The smallest absolute Gasteiger partial charge is 0.227 e. The number of nitrogens with zero attached hydrogens (tertiary/aromatic N) is 3. The molecule has 2 heterocycles. The number of anilines is 2. The molecule has 0 aliphatic heterocycles. The number of ether oxygens (including phenoxy) is 2. The maximum absolute atomic E-state index is 5.22. The van der Waals surface area contributed by atoms with Crippen LogP contribution in [0, 0.1) is 0 Å². The van der Waals surface area contributed by atoms with E-state index in [1.54, 1.807) is 20.4 Å². The lowest BCUT2D eigenvalue weighted by molar-refractivity contribution is 0.414. The van der Waals surface area contributed by atoms with Gasteiger partial charge in [0.15, 0.2) is 5.65 Å². The average Bonchev–Trinajstić information content (AvgIpc) is 2.81. The van der Waals surface area contributed by atoms with Crippen molar-refractivity contribution in [2.45, 2.75) is 13.1 Å². The highest BCUT2D eigenvalue weighted by Crippen LogP contribution is 2.22. The largest absolute Gasteiger partial charge is 0.497 e. The summed E-state index contributed by atoms with van der Waals surface area (Å²) >= 11 is 0. The molecule has 0 bridgehead atoms. The quantitative estimate of drug-likeness (QED) is 0.456. The van der Waals surface area contributed by atoms with E-state index in [0.29, 0.717) is 24.7 Å². The minimum Gasteiger partial charge on any atom is -0.497 e. The second-order valence-electron chi connectivity index (χ2n) is 6.67. The molecule has 0 radical (unpaired) electrons. The molecule has 4 aromatic rings. The van der Waals surface area contributed by atoms with Gasteiger partial charge in [-0.25, -0.2) is 4.98 Å². The Kier molecular flexibility index (Phi) is 5.89. The summed E-state index contributed by atoms with van der Waals surface area (Å²) in [5.74, 6) is 2.92. The molecule has 4 rings (SSSR count). The molecular weight excluding hydrogens is 378 g/mol. The first-order valence-electron chi connectivity index (χ1n) is 9.61. The molecule has 152 valence electrons. The summed E-state index contributed by atoms with van der Waals surface area (Å²) in [4.78, 5) is 13.6. The number of hydrogen-bond acceptors (Lipinski definition) is 7. The molecule has 0 aliphatic carbocycles. The van der Waals surface area contributed by atoms with Crippen molar-refractivity contribution in [3.63, 3.8) is 0 Å². The van der Waals surface area contributed by atoms with E-state index in [1.807, 2.05) is 60.7 Å². The van der Waals surface area contributed by atoms with E-state index in [-0.39, 0.29) is 0 Å². The molecule has 2 aromatic carbocycles. The second-order valence-corrected chi connectivity index (χ2v) is 6.67. The highest BCUT2D eigenvalue weighted by molar-refractivity contribution is 5.87. The predicted molar refractivity (Wildman–Crippen MR) is 118 cm³/mol. The third-order valence-corrected chi connectivity index (χ3v) is 4.70. The summed E-state index contributed by atoms with van der Waals surface area (Å²) in [7, 11) is 3.32. The van der Waals surface area contributed by atoms with Crippen LogP contribution in [0.15, 0.2) is 66.9 Å². The van der Waals surface area contributed by atoms with Crippen LogP contribution >= 0.6 is 0 Å². The zero-order chi connectivity index (χ0) is 20.8. The van der Waals surface area contributed by atoms with Gasteiger partial charge in [-0.2, -0.15) is 9.97 Å². The number of nitrogens with one attached hydrogen (secondary N) is 2. The molecule has 7 heteroatoms. The highest BCUT2D eigenvalue weighted by Gasteiger charge is 2.09. The van der Waals surface area contributed by atoms with Gasteiger partial charge < -0.3 is 20.1 Å². The third kappa shape index (κ3) is 4.57. The molecule has 7 nitrogen and oxygen atoms in total. The van der Waals surface area contributed by atoms with E-state index in [4.69, 9.17) is 9.47 Å². The summed E-state index contributed by atoms with van der Waals surface area (Å²) in [6.45, 7) is 1.23. The zero-order valence-corrected chi connectivity index (χ0v) is 16.9. The normalized spacial score (nSPS) is 10.6. The van der Waals surface area contributed by atoms with Gasteiger partial charge in [0, 0.05) is 19.3 Å². The Labute approximate surface area is 175 Å². The van der Waals surface area contributed by atoms with Crippen LogP contribution in [0.3, 0.4) is 0 Å². The Hall–Kier alpha value is -3.87. The zero-order valence-electron chi connectivity index (χ0n) is 16.9. The van der Waals surface area contributed by atoms with Gasteiger partial charge in [-0.05, 0) is 47.5 Å². The number of pyridine rings is 1. The van der Waals surface area contributed by atoms with Crippen LogP contribution in [0.25, 0.3) is 11.0 Å². The number of benzene rings is 2. The summed E-state index contributed by atoms with van der Waals surface area (Å²) in [6, 6.07) is 19.7. The fraction of sp³-hybridized carbons (Fsp3) is 0.174. The van der Waals surface area contributed by atoms with Crippen LogP contribution < -0.4 is 20.1 Å². The van der Waals surface area contributed by atoms with Gasteiger partial charge >= 0.3 is 0 Å². The molecule has 0 amide bonds. The van der Waals surface area contributed by atoms with Crippen LogP contribution in [0.5, 0.6) is 11.5 Å². The lowest BCUT2D eigenvalue weighted by atomic mass is 10.2. The molecule has 0 saturated heterocycles. The van der Waals surface area contributed by atoms with Crippen LogP contribution in [0.4, 0.5) is 11.8 Å². The molecule has 0 saturated carbocycles. The predicted octanol–water partition coefficient (Wildman–Crippen LogP) is 4.27. The fourth-order valence-corrected chi connectivity index (χ4v) is 3.03. The second kappa shape index (κ2) is 9.09. The van der Waals surface area contributed by atoms with E-state index in [0.717, 1.165) is 33.8 Å². The Bertz CT molecular complexity index is 1110. The Morgan fingerprint density at radius 3 is 1.93 bits per heavy atom. The molecule has 0 spiro atoms. The minimum absolute atomic E-state index is 0.522. The van der Waals surface area contributed by atoms with Crippen molar-refractivity contribution in [2.75, 3.05) is 24.9 Å². The lowest BCUT2D eigenvalue weighted by Crippen LogP contribution is -2.08. The van der Waals surface area contributed by atoms with E-state index in [1.165, 1.54) is 0 Å². The van der Waals surface area contributed by atoms with E-state index in [9.17, 15) is 0 Å². The first-order valence-corrected chi connectivity index (χ1v) is 9.61. The molecule has 0 aliphatic rings. The monoisotopic (exact) mass is 401 g/mol. The lowest BCUT2D eigenvalue weighted by Gasteiger charge is -2.12. The van der Waals surface area contributed by atoms with Crippen LogP contribution in [0.2, 0.25) is 0 Å². The summed E-state index contributed by atoms with van der Waals surface area (Å²) in [5, 5.41) is 7.57. The molecule has 2 N–H and O–H groups in total. The number of methoxy groups -OCH3 is 2. The van der Waals surface area contributed by atoms with Crippen molar-refractivity contribution in [1.82, 2.24) is 15.0 Å². The number of aromatic nitrogens is 3. The Morgan fingerprint density at radius 1 is 0.733 bits per heavy atom. The molecule has 0 atom stereocenters. The van der Waals surface area contributed by atoms with Gasteiger partial charge in [-0.15, -0.1) is 0 Å². The van der Waals surface area contributed by atoms with Gasteiger partial charge in [0.1, 0.15) is 17.3 Å². The molecule has 30 heavy (non-hydrogen) atoms. The fourth-order valence-electron chi connectivity index (χ4n) is 3.03. The Morgan fingerprint density at radius 2 is 1.33 bits per heavy atom. The molecule has 2 aromatic heterocycles. The number of hydrogen-bond donors (Lipinski definition) is 2. The Balaban J connectivity index is 1.52. The van der Waals surface area contributed by atoms with Gasteiger partial charge in [0.25, 0.3) is 0 Å². The molecule has 0 fully saturated rings. The van der Waals surface area contributed by atoms with Gasteiger partial charge in [0.2, 0.25) is 5.95 Å². The highest BCUT2D eigenvalue weighted by atomic mass is 16.5. The first kappa shape index (κ1) is 19.4. The van der Waals surface area contributed by atoms with Crippen LogP contribution in [-0.4, -0.2) is 29.2 Å². The van der Waals surface area contributed by atoms with Crippen LogP contribution in [-0.2, 0) is 13.1 Å². The standard InChI is InChI=1S/C23H23N5O2/c1-29-18-9-5-16(6-10-18)14-25-22-20-4-3-13-24-21(20)27-23(28-22)26-15-17-7-11-19(30-2)12-8-17/h3-13H,14-15H2,1-2H3,(H2,24,25,26,27,28). The van der Waals surface area contributed by atoms with Crippen molar-refractivity contribution < 1.29 is 9.47 Å². The van der Waals surface area contributed by atoms with E-state index in [2.05, 4.69) is 25.6 Å². The van der Waals surface area contributed by atoms with E-state index >= 15 is 0 Å². The van der Waals surface area contributed by atoms with Crippen molar-refractivity contribution in [2.24, 2.45) is 0 Å². The maximum atomic E-state index is 5.22. The van der Waals surface area contributed by atoms with Gasteiger partial charge in [0.05, 0.1) is 19.6 Å². The summed E-state index contributed by atoms with van der Waals surface area (Å²) in [5.41, 5.74) is 2.87. The maximum Gasteiger partial charge on any atom is 0.227 e. The van der Waals surface area contributed by atoms with Crippen molar-refractivity contribution in [3.8, 4) is 11.5 Å². The van der Waals surface area contributed by atoms with Gasteiger partial charge in [-0.3, -0.25) is 0 Å². The van der Waals surface area contributed by atoms with Crippen LogP contribution in [0.1, 0.15) is 11.1 Å². The summed E-state index contributed by atoms with van der Waals surface area (Å²) < 4.78 is 10.4. The minimum atomic E-state index is 0.522.